The molecule has 2 atom stereocenters. The van der Waals surface area contributed by atoms with Crippen molar-refractivity contribution >= 4 is 17.3 Å². The standard InChI is InChI=1S/C19H16F4N4OS/c20-13-3-1-11(2-4-13)15-7-12(15)8-24-17-25-10-27(18(28)26-17)9-14-5-6-16(29-14)19(21,22)23/h1-6,10,12,15H,7-9H2,(H,24,26,28)/t12-,15-/m1/s1. The molecule has 1 aromatic carbocycles. The second-order valence-electron chi connectivity index (χ2n) is 6.89. The molecule has 2 aromatic heterocycles. The molecule has 0 amide bonds. The zero-order chi connectivity index (χ0) is 20.6. The van der Waals surface area contributed by atoms with Crippen LogP contribution in [0.5, 0.6) is 0 Å². The third-order valence-corrected chi connectivity index (χ3v) is 5.89. The lowest BCUT2D eigenvalue weighted by molar-refractivity contribution is -0.134. The summed E-state index contributed by atoms with van der Waals surface area (Å²) in [6.45, 7) is 0.556. The molecule has 1 N–H and O–H groups in total. The first-order valence-electron chi connectivity index (χ1n) is 8.88. The summed E-state index contributed by atoms with van der Waals surface area (Å²) in [4.78, 5) is 19.8. The van der Waals surface area contributed by atoms with E-state index in [4.69, 9.17) is 0 Å². The summed E-state index contributed by atoms with van der Waals surface area (Å²) in [7, 11) is 0. The third-order valence-electron chi connectivity index (χ3n) is 4.78. The molecule has 0 unspecified atom stereocenters. The van der Waals surface area contributed by atoms with Gasteiger partial charge in [-0.05, 0) is 48.1 Å². The molecular formula is C19H16F4N4OS. The number of rotatable bonds is 6. The van der Waals surface area contributed by atoms with E-state index in [2.05, 4.69) is 15.3 Å². The van der Waals surface area contributed by atoms with Crippen LogP contribution in [0.3, 0.4) is 0 Å². The van der Waals surface area contributed by atoms with E-state index >= 15 is 0 Å². The van der Waals surface area contributed by atoms with Gasteiger partial charge in [0, 0.05) is 11.4 Å². The average Bonchev–Trinajstić information content (AvgIpc) is 3.28. The van der Waals surface area contributed by atoms with Gasteiger partial charge in [-0.2, -0.15) is 18.2 Å². The minimum absolute atomic E-state index is 0.0187. The highest BCUT2D eigenvalue weighted by molar-refractivity contribution is 7.12. The normalized spacial score (nSPS) is 18.6. The number of alkyl halides is 3. The Bertz CT molecular complexity index is 1060. The first kappa shape index (κ1) is 19.6. The van der Waals surface area contributed by atoms with E-state index in [0.717, 1.165) is 22.6 Å². The van der Waals surface area contributed by atoms with E-state index in [1.54, 1.807) is 12.1 Å². The Morgan fingerprint density at radius 3 is 2.59 bits per heavy atom. The van der Waals surface area contributed by atoms with Crippen LogP contribution >= 0.6 is 11.3 Å². The topological polar surface area (TPSA) is 59.8 Å². The molecule has 1 aliphatic carbocycles. The molecule has 0 bridgehead atoms. The van der Waals surface area contributed by atoms with Crippen LogP contribution < -0.4 is 11.0 Å². The molecule has 29 heavy (non-hydrogen) atoms. The molecule has 10 heteroatoms. The Labute approximate surface area is 167 Å². The summed E-state index contributed by atoms with van der Waals surface area (Å²) in [5.41, 5.74) is 0.485. The second kappa shape index (κ2) is 7.58. The number of hydrogen-bond acceptors (Lipinski definition) is 5. The highest BCUT2D eigenvalue weighted by Gasteiger charge is 2.38. The van der Waals surface area contributed by atoms with Crippen LogP contribution in [0.1, 0.15) is 27.7 Å². The number of thiophene rings is 1. The maximum absolute atomic E-state index is 13.0. The Hall–Kier alpha value is -2.75. The van der Waals surface area contributed by atoms with E-state index in [1.165, 1.54) is 24.5 Å². The van der Waals surface area contributed by atoms with Gasteiger partial charge in [-0.1, -0.05) is 12.1 Å². The minimum Gasteiger partial charge on any atom is -0.354 e. The van der Waals surface area contributed by atoms with Gasteiger partial charge in [0.25, 0.3) is 0 Å². The molecular weight excluding hydrogens is 408 g/mol. The van der Waals surface area contributed by atoms with E-state index < -0.39 is 16.7 Å². The van der Waals surface area contributed by atoms with Gasteiger partial charge in [0.2, 0.25) is 5.95 Å². The molecule has 0 radical (unpaired) electrons. The first-order valence-corrected chi connectivity index (χ1v) is 9.70. The van der Waals surface area contributed by atoms with Crippen LogP contribution in [0.25, 0.3) is 0 Å². The molecule has 0 aliphatic heterocycles. The van der Waals surface area contributed by atoms with Gasteiger partial charge in [-0.3, -0.25) is 4.57 Å². The summed E-state index contributed by atoms with van der Waals surface area (Å²) >= 11 is 0.590. The van der Waals surface area contributed by atoms with Gasteiger partial charge < -0.3 is 5.32 Å². The van der Waals surface area contributed by atoms with Crippen molar-refractivity contribution in [3.8, 4) is 0 Å². The van der Waals surface area contributed by atoms with Crippen LogP contribution in [0.15, 0.2) is 47.5 Å². The fourth-order valence-corrected chi connectivity index (χ4v) is 4.02. The molecule has 3 aromatic rings. The monoisotopic (exact) mass is 424 g/mol. The molecule has 1 saturated carbocycles. The summed E-state index contributed by atoms with van der Waals surface area (Å²) < 4.78 is 52.2. The van der Waals surface area contributed by atoms with Crippen LogP contribution in [-0.2, 0) is 12.7 Å². The third kappa shape index (κ3) is 4.64. The van der Waals surface area contributed by atoms with Crippen molar-refractivity contribution in [1.82, 2.24) is 14.5 Å². The number of nitrogens with zero attached hydrogens (tertiary/aromatic N) is 3. The fourth-order valence-electron chi connectivity index (χ4n) is 3.15. The van der Waals surface area contributed by atoms with Crippen LogP contribution in [0, 0.1) is 11.7 Å². The second-order valence-corrected chi connectivity index (χ2v) is 8.06. The number of hydrogen-bond donors (Lipinski definition) is 1. The van der Waals surface area contributed by atoms with E-state index in [1.807, 2.05) is 0 Å². The van der Waals surface area contributed by atoms with Crippen LogP contribution in [0.4, 0.5) is 23.5 Å². The molecule has 1 aliphatic rings. The Kier molecular flexibility index (Phi) is 5.12. The molecule has 152 valence electrons. The number of nitrogens with one attached hydrogen (secondary N) is 1. The smallest absolute Gasteiger partial charge is 0.354 e. The predicted octanol–water partition coefficient (Wildman–Crippen LogP) is 4.12. The summed E-state index contributed by atoms with van der Waals surface area (Å²) in [5, 5.41) is 3.02. The largest absolute Gasteiger partial charge is 0.425 e. The van der Waals surface area contributed by atoms with Gasteiger partial charge >= 0.3 is 11.9 Å². The lowest BCUT2D eigenvalue weighted by Gasteiger charge is -2.07. The van der Waals surface area contributed by atoms with Crippen molar-refractivity contribution < 1.29 is 17.6 Å². The minimum atomic E-state index is -4.40. The Balaban J connectivity index is 1.34. The van der Waals surface area contributed by atoms with Crippen LogP contribution in [-0.4, -0.2) is 21.1 Å². The highest BCUT2D eigenvalue weighted by Crippen LogP contribution is 2.47. The number of benzene rings is 1. The first-order chi connectivity index (χ1) is 13.8. The molecule has 1 fully saturated rings. The molecule has 5 nitrogen and oxygen atoms in total. The quantitative estimate of drug-likeness (QED) is 0.605. The summed E-state index contributed by atoms with van der Waals surface area (Å²) in [5.74, 6) is 0.594. The molecule has 0 saturated heterocycles. The summed E-state index contributed by atoms with van der Waals surface area (Å²) in [6.07, 6.45) is -2.17. The van der Waals surface area contributed by atoms with E-state index in [9.17, 15) is 22.4 Å². The maximum atomic E-state index is 13.0. The van der Waals surface area contributed by atoms with E-state index in [0.29, 0.717) is 34.6 Å². The van der Waals surface area contributed by atoms with Crippen LogP contribution in [0.2, 0.25) is 0 Å². The van der Waals surface area contributed by atoms with Gasteiger partial charge in [-0.15, -0.1) is 11.3 Å². The Morgan fingerprint density at radius 2 is 1.93 bits per heavy atom. The van der Waals surface area contributed by atoms with Crippen molar-refractivity contribution in [2.75, 3.05) is 11.9 Å². The average molecular weight is 424 g/mol. The van der Waals surface area contributed by atoms with Gasteiger partial charge in [0.05, 0.1) is 6.54 Å². The molecule has 2 heterocycles. The zero-order valence-corrected chi connectivity index (χ0v) is 15.8. The highest BCUT2D eigenvalue weighted by atomic mass is 32.1. The van der Waals surface area contributed by atoms with Gasteiger partial charge in [0.1, 0.15) is 17.0 Å². The van der Waals surface area contributed by atoms with Crippen molar-refractivity contribution in [3.63, 3.8) is 0 Å². The van der Waals surface area contributed by atoms with Crippen molar-refractivity contribution in [1.29, 1.82) is 0 Å². The maximum Gasteiger partial charge on any atom is 0.425 e. The van der Waals surface area contributed by atoms with Gasteiger partial charge in [0.15, 0.2) is 0 Å². The van der Waals surface area contributed by atoms with E-state index in [-0.39, 0.29) is 18.3 Å². The predicted molar refractivity (Wildman–Crippen MR) is 100 cm³/mol. The number of halogens is 4. The van der Waals surface area contributed by atoms with Crippen molar-refractivity contribution in [2.24, 2.45) is 5.92 Å². The fraction of sp³-hybridized carbons (Fsp3) is 0.316. The number of aromatic nitrogens is 3. The molecule has 0 spiro atoms. The lowest BCUT2D eigenvalue weighted by Crippen LogP contribution is -2.25. The SMILES string of the molecule is O=c1nc(NC[C@H]2C[C@@H]2c2ccc(F)cc2)ncn1Cc1ccc(C(F)(F)F)s1. The van der Waals surface area contributed by atoms with Gasteiger partial charge in [-0.25, -0.2) is 14.2 Å². The number of anilines is 1. The molecule has 4 rings (SSSR count). The summed E-state index contributed by atoms with van der Waals surface area (Å²) in [6, 6.07) is 8.75. The van der Waals surface area contributed by atoms with Crippen molar-refractivity contribution in [3.05, 3.63) is 74.3 Å². The van der Waals surface area contributed by atoms with Crippen molar-refractivity contribution in [2.45, 2.75) is 25.1 Å². The Morgan fingerprint density at radius 1 is 1.17 bits per heavy atom. The lowest BCUT2D eigenvalue weighted by atomic mass is 10.1. The zero-order valence-electron chi connectivity index (χ0n) is 15.0.